The van der Waals surface area contributed by atoms with Gasteiger partial charge in [-0.15, -0.1) is 0 Å². The van der Waals surface area contributed by atoms with E-state index < -0.39 is 92.3 Å². The maximum absolute atomic E-state index is 12.9. The van der Waals surface area contributed by atoms with E-state index in [0.717, 1.165) is 29.2 Å². The Morgan fingerprint density at radius 1 is 0.876 bits per heavy atom. The highest BCUT2D eigenvalue weighted by molar-refractivity contribution is 7.86. The van der Waals surface area contributed by atoms with Gasteiger partial charge in [-0.1, -0.05) is 50.7 Å². The molecule has 0 saturated carbocycles. The highest BCUT2D eigenvalue weighted by atomic mass is 32.2. The molecule has 89 heavy (non-hydrogen) atoms. The van der Waals surface area contributed by atoms with Crippen LogP contribution >= 0.6 is 23.5 Å². The third-order valence-corrected chi connectivity index (χ3v) is 21.4. The van der Waals surface area contributed by atoms with E-state index in [1.807, 2.05) is 52.8 Å². The summed E-state index contributed by atoms with van der Waals surface area (Å²) in [5.74, 6) is -0.117. The number of carbonyl (C=O) groups is 1. The second-order valence-electron chi connectivity index (χ2n) is 22.3. The Bertz CT molecular complexity index is 3750. The lowest BCUT2D eigenvalue weighted by Gasteiger charge is -2.25. The molecular formula is C53H76N11O20P3S2. The summed E-state index contributed by atoms with van der Waals surface area (Å²) in [5.41, 5.74) is 18.1. The van der Waals surface area contributed by atoms with Gasteiger partial charge in [0, 0.05) is 78.5 Å². The lowest BCUT2D eigenvalue weighted by atomic mass is 9.81. The number of hydrogen-bond donors (Lipinski definition) is 7. The fourth-order valence-electron chi connectivity index (χ4n) is 11.0. The number of phosphoric acid groups is 3. The fourth-order valence-corrected chi connectivity index (χ4v) is 15.5. The number of nitrogen functional groups attached to an aromatic ring is 1. The standard InChI is InChI=1S/C53H76N11O20P3S2/c1-6-62-40-24-22-36(88(73,74)75)31-38(40)52(2,3)43(62)19-18-20-44-53(4,5)39-32-37(89(76,77)78)23-25-41(39)63(44)28-15-11-12-21-45(65)56-26-13-7-10-17-30-80-85(67,68)83-87(71,72)84-86(69,70)81-33-42-47(66)48(79-29-16-9-8-14-27-60-61-55)51(82-42)64-35-59-46-49(54)57-34-58-50(46)64/h18-20,22-25,31-32,34-35,42,47-48,51,66H,6-17,21,26-30,33H2,1-5H3,(H7-,54,56,57,58,65,67,68,69,70,71,72,73,74,75,76,77,78)/t42-,47-,48-,51-/m1/s1. The second-order valence-corrected chi connectivity index (χ2v) is 29.8. The Morgan fingerprint density at radius 3 is 2.24 bits per heavy atom. The molecule has 4 aromatic rings. The van der Waals surface area contributed by atoms with Crippen LogP contribution in [0.5, 0.6) is 0 Å². The number of benzene rings is 2. The second kappa shape index (κ2) is 29.9. The van der Waals surface area contributed by atoms with E-state index in [2.05, 4.69) is 48.4 Å². The van der Waals surface area contributed by atoms with Crippen molar-refractivity contribution >= 4 is 83.7 Å². The van der Waals surface area contributed by atoms with Gasteiger partial charge in [0.25, 0.3) is 10.1 Å². The number of ether oxygens (including phenoxy) is 2. The summed E-state index contributed by atoms with van der Waals surface area (Å²) in [6.45, 7) is 10.3. The van der Waals surface area contributed by atoms with Crippen molar-refractivity contribution in [2.75, 3.05) is 56.6 Å². The van der Waals surface area contributed by atoms with Gasteiger partial charge in [0.15, 0.2) is 23.4 Å². The molecular weight excluding hydrogens is 1270 g/mol. The molecule has 2 aromatic carbocycles. The number of amides is 1. The summed E-state index contributed by atoms with van der Waals surface area (Å²) in [6.07, 6.45) is 9.43. The highest BCUT2D eigenvalue weighted by Gasteiger charge is 2.49. The minimum atomic E-state index is -5.84. The first-order chi connectivity index (χ1) is 41.8. The summed E-state index contributed by atoms with van der Waals surface area (Å²) >= 11 is 0. The topological polar surface area (TPSA) is 453 Å². The van der Waals surface area contributed by atoms with Crippen molar-refractivity contribution in [3.8, 4) is 0 Å². The van der Waals surface area contributed by atoms with E-state index in [0.29, 0.717) is 95.1 Å². The molecule has 7 atom stereocenters. The smallest absolute Gasteiger partial charge is 0.490 e. The van der Waals surface area contributed by atoms with Gasteiger partial charge in [0.2, 0.25) is 11.6 Å². The van der Waals surface area contributed by atoms with Crippen LogP contribution < -0.4 is 16.0 Å². The maximum atomic E-state index is 12.9. The first kappa shape index (κ1) is 71.1. The third kappa shape index (κ3) is 18.2. The Morgan fingerprint density at radius 2 is 1.54 bits per heavy atom. The molecule has 490 valence electrons. The molecule has 31 nitrogen and oxygen atoms in total. The van der Waals surface area contributed by atoms with Gasteiger partial charge in [-0.3, -0.25) is 23.0 Å². The maximum Gasteiger partial charge on any atom is 0.490 e. The summed E-state index contributed by atoms with van der Waals surface area (Å²) in [7, 11) is -26.0. The van der Waals surface area contributed by atoms with E-state index >= 15 is 0 Å². The van der Waals surface area contributed by atoms with Gasteiger partial charge in [0.1, 0.15) is 46.8 Å². The number of imidazole rings is 1. The SMILES string of the molecule is CCN1/C(=C/C=C/C2=[N+](CCCCCC(=O)NCCCCCCOP(=O)(O)OP(=O)(O)OP(=O)(O)OC[C@H]3O[C@@H](n4cnc5c(N)ncnc54)[C@H](OCCCCCCN=[N+]=[N-])[C@@H]3O)c3ccc(S(=O)(=O)O)cc3C2(C)C)C(C)(C)c2cc(S(=O)(=O)[O-])ccc21. The number of phosphoric ester groups is 2. The van der Waals surface area contributed by atoms with Crippen LogP contribution in [0.2, 0.25) is 0 Å². The van der Waals surface area contributed by atoms with Gasteiger partial charge >= 0.3 is 23.5 Å². The van der Waals surface area contributed by atoms with Crippen molar-refractivity contribution in [3.05, 3.63) is 94.5 Å². The lowest BCUT2D eigenvalue weighted by molar-refractivity contribution is -0.438. The molecule has 1 saturated heterocycles. The number of aliphatic hydroxyl groups is 1. The number of aliphatic hydroxyl groups excluding tert-OH is 1. The first-order valence-electron chi connectivity index (χ1n) is 28.7. The molecule has 7 rings (SSSR count). The number of rotatable bonds is 35. The average Bonchev–Trinajstić information content (AvgIpc) is 1.61. The molecule has 0 bridgehead atoms. The number of allylic oxidation sites excluding steroid dienone is 4. The first-order valence-corrected chi connectivity index (χ1v) is 36.0. The van der Waals surface area contributed by atoms with Gasteiger partial charge in [-0.25, -0.2) is 37.1 Å². The number of hydrogen-bond acceptors (Lipinski definition) is 22. The van der Waals surface area contributed by atoms with E-state index in [1.54, 1.807) is 12.1 Å². The van der Waals surface area contributed by atoms with Crippen LogP contribution in [-0.2, 0) is 76.7 Å². The number of aromatic nitrogens is 4. The number of nitrogens with zero attached hydrogens (tertiary/aromatic N) is 9. The van der Waals surface area contributed by atoms with Crippen molar-refractivity contribution in [2.24, 2.45) is 5.11 Å². The van der Waals surface area contributed by atoms with Crippen LogP contribution in [0.25, 0.3) is 21.6 Å². The van der Waals surface area contributed by atoms with Crippen molar-refractivity contribution in [1.82, 2.24) is 24.8 Å². The minimum absolute atomic E-state index is 0.0532. The molecule has 1 fully saturated rings. The fraction of sp³-hybridized carbons (Fsp3) is 0.566. The molecule has 36 heteroatoms. The third-order valence-electron chi connectivity index (χ3n) is 15.4. The van der Waals surface area contributed by atoms with E-state index in [9.17, 15) is 64.2 Å². The summed E-state index contributed by atoms with van der Waals surface area (Å²) in [6, 6.07) is 8.86. The van der Waals surface area contributed by atoms with E-state index in [4.69, 9.17) is 29.8 Å². The highest BCUT2D eigenvalue weighted by Crippen LogP contribution is 2.68. The zero-order valence-electron chi connectivity index (χ0n) is 49.7. The van der Waals surface area contributed by atoms with Crippen molar-refractivity contribution < 1.29 is 95.9 Å². The van der Waals surface area contributed by atoms with Crippen LogP contribution in [0.1, 0.15) is 129 Å². The molecule has 0 radical (unpaired) electrons. The Balaban J connectivity index is 0.823. The predicted molar refractivity (Wildman–Crippen MR) is 322 cm³/mol. The van der Waals surface area contributed by atoms with Crippen LogP contribution in [0.3, 0.4) is 0 Å². The van der Waals surface area contributed by atoms with Crippen LogP contribution in [-0.4, -0.2) is 146 Å². The molecule has 8 N–H and O–H groups in total. The number of fused-ring (bicyclic) bond motifs is 3. The predicted octanol–water partition coefficient (Wildman–Crippen LogP) is 8.01. The number of nitrogens with one attached hydrogen (secondary N) is 1. The number of anilines is 2. The van der Waals surface area contributed by atoms with Crippen molar-refractivity contribution in [3.63, 3.8) is 0 Å². The van der Waals surface area contributed by atoms with Gasteiger partial charge in [-0.2, -0.15) is 21.6 Å². The number of carbonyl (C=O) groups excluding carboxylic acids is 1. The van der Waals surface area contributed by atoms with Crippen molar-refractivity contribution in [1.29, 1.82) is 0 Å². The molecule has 3 unspecified atom stereocenters. The number of likely N-dealkylation sites (N-methyl/N-ethyl adjacent to an activating group) is 1. The van der Waals surface area contributed by atoms with E-state index in [1.165, 1.54) is 41.5 Å². The molecule has 0 aliphatic carbocycles. The van der Waals surface area contributed by atoms with Gasteiger partial charge in [-0.05, 0) is 107 Å². The normalized spacial score (nSPS) is 21.4. The summed E-state index contributed by atoms with van der Waals surface area (Å²) < 4.78 is 142. The quantitative estimate of drug-likeness (QED) is 0.00436. The Kier molecular flexibility index (Phi) is 23.9. The lowest BCUT2D eigenvalue weighted by Crippen LogP contribution is -2.36. The average molecular weight is 1340 g/mol. The molecule has 0 spiro atoms. The van der Waals surface area contributed by atoms with Crippen LogP contribution in [0.4, 0.5) is 17.2 Å². The Labute approximate surface area is 515 Å². The van der Waals surface area contributed by atoms with Crippen LogP contribution in [0.15, 0.2) is 87.9 Å². The molecule has 5 heterocycles. The number of nitrogens with two attached hydrogens (primary N) is 1. The number of unbranched alkanes of at least 4 members (excludes halogenated alkanes) is 8. The van der Waals surface area contributed by atoms with Gasteiger partial charge in [0.05, 0.1) is 34.7 Å². The summed E-state index contributed by atoms with van der Waals surface area (Å²) in [4.78, 5) is 60.0. The molecule has 1 amide bonds. The van der Waals surface area contributed by atoms with E-state index in [-0.39, 0.29) is 52.1 Å². The molecule has 3 aliphatic rings. The number of azide groups is 1. The minimum Gasteiger partial charge on any atom is -0.744 e. The van der Waals surface area contributed by atoms with Crippen LogP contribution in [0, 0.1) is 0 Å². The Hall–Kier alpha value is -5.37. The van der Waals surface area contributed by atoms with Crippen molar-refractivity contribution in [2.45, 2.75) is 157 Å². The monoisotopic (exact) mass is 1340 g/mol. The zero-order chi connectivity index (χ0) is 65.2. The molecule has 3 aliphatic heterocycles. The summed E-state index contributed by atoms with van der Waals surface area (Å²) in [5, 5.41) is 17.6. The zero-order valence-corrected chi connectivity index (χ0v) is 54.0. The molecule has 2 aromatic heterocycles. The van der Waals surface area contributed by atoms with Gasteiger partial charge < -0.3 is 49.8 Å². The largest absolute Gasteiger partial charge is 0.744 e.